The molecule has 0 spiro atoms. The van der Waals surface area contributed by atoms with Crippen LogP contribution >= 0.6 is 22.4 Å². The van der Waals surface area contributed by atoms with Crippen LogP contribution in [0.3, 0.4) is 0 Å². The molecule has 0 aromatic heterocycles. The first kappa shape index (κ1) is 31.6. The average Bonchev–Trinajstić information content (AvgIpc) is 3.44. The molecule has 0 atom stereocenters. The number of rotatable bonds is 13. The minimum absolute atomic E-state index is 0.155. The van der Waals surface area contributed by atoms with Gasteiger partial charge in [-0.15, -0.1) is 10.8 Å². The van der Waals surface area contributed by atoms with E-state index in [2.05, 4.69) is 45.9 Å². The van der Waals surface area contributed by atoms with Gasteiger partial charge in [-0.25, -0.2) is 0 Å². The number of aryl methyl sites for hydroxylation is 2. The minimum atomic E-state index is -3.31. The highest BCUT2D eigenvalue weighted by Crippen LogP contribution is 2.53. The van der Waals surface area contributed by atoms with E-state index in [-0.39, 0.29) is 13.3 Å². The smallest absolute Gasteiger partial charge is 0.231 e. The van der Waals surface area contributed by atoms with Crippen molar-refractivity contribution in [2.75, 3.05) is 33.0 Å². The third kappa shape index (κ3) is 7.31. The van der Waals surface area contributed by atoms with E-state index in [1.54, 1.807) is 10.4 Å². The van der Waals surface area contributed by atoms with Crippen molar-refractivity contribution in [1.29, 1.82) is 0 Å². The van der Waals surface area contributed by atoms with Crippen molar-refractivity contribution in [2.45, 2.75) is 58.5 Å². The lowest BCUT2D eigenvalue weighted by Crippen LogP contribution is -2.47. The van der Waals surface area contributed by atoms with Crippen molar-refractivity contribution in [3.05, 3.63) is 100 Å². The molecule has 1 aliphatic heterocycles. The van der Waals surface area contributed by atoms with Crippen molar-refractivity contribution < 1.29 is 23.1 Å². The summed E-state index contributed by atoms with van der Waals surface area (Å²) >= 11 is 6.67. The molecule has 4 aromatic rings. The number of hydrogen-bond donors (Lipinski definition) is 2. The Morgan fingerprint density at radius 3 is 2.21 bits per heavy atom. The zero-order valence-electron chi connectivity index (χ0n) is 25.7. The predicted octanol–water partition coefficient (Wildman–Crippen LogP) is 9.20. The van der Waals surface area contributed by atoms with Crippen LogP contribution in [0.2, 0.25) is 5.02 Å². The summed E-state index contributed by atoms with van der Waals surface area (Å²) in [6, 6.07) is 24.1. The van der Waals surface area contributed by atoms with E-state index >= 15 is 0 Å². The Kier molecular flexibility index (Phi) is 9.91. The van der Waals surface area contributed by atoms with Crippen LogP contribution in [-0.2, 0) is 13.1 Å². The summed E-state index contributed by atoms with van der Waals surface area (Å²) in [5, 5.41) is 2.55. The standard InChI is InChI=1S/C35H43ClN2O4S/c1-5-38(6-2,24-28-18-26(3)17-27(4)19-28)16-10-9-15-37(23-31-21-34-35(22-33(31)36)42-25-41-34)43(39,40)32-14-13-29-11-7-8-12-30(29)20-32/h7-8,11-14,17-22H,5-6,9-10,15-16,23-25H2,1-4H3,(H-,39,40)/p+1. The lowest BCUT2D eigenvalue weighted by Gasteiger charge is -2.43. The molecule has 1 heterocycles. The van der Waals surface area contributed by atoms with Crippen LogP contribution in [0.1, 0.15) is 48.9 Å². The number of fused-ring (bicyclic) bond motifs is 2. The summed E-state index contributed by atoms with van der Waals surface area (Å²) in [5.41, 5.74) is 4.76. The van der Waals surface area contributed by atoms with Crippen LogP contribution in [0.15, 0.2) is 77.7 Å². The molecule has 6 nitrogen and oxygen atoms in total. The number of nitrogens with zero attached hydrogens (tertiary/aromatic N) is 2. The van der Waals surface area contributed by atoms with Crippen molar-refractivity contribution in [3.63, 3.8) is 0 Å². The fourth-order valence-electron chi connectivity index (χ4n) is 6.18. The molecule has 8 heteroatoms. The monoisotopic (exact) mass is 623 g/mol. The topological polar surface area (TPSA) is 62.2 Å². The number of hydrogen-bond acceptors (Lipinski definition) is 5. The minimum Gasteiger partial charge on any atom is -0.454 e. The molecule has 1 aliphatic rings. The molecule has 43 heavy (non-hydrogen) atoms. The Bertz CT molecular complexity index is 1550. The molecule has 0 radical (unpaired) electrons. The van der Waals surface area contributed by atoms with Crippen molar-refractivity contribution in [2.24, 2.45) is 0 Å². The van der Waals surface area contributed by atoms with Crippen molar-refractivity contribution in [1.82, 2.24) is 4.31 Å². The van der Waals surface area contributed by atoms with Gasteiger partial charge in [-0.05, 0) is 75.1 Å². The van der Waals surface area contributed by atoms with Crippen molar-refractivity contribution in [3.8, 4) is 11.5 Å². The lowest BCUT2D eigenvalue weighted by molar-refractivity contribution is -0.938. The fourth-order valence-corrected chi connectivity index (χ4v) is 7.93. The molecule has 0 saturated carbocycles. The summed E-state index contributed by atoms with van der Waals surface area (Å²) in [7, 11) is -3.31. The first-order valence-corrected chi connectivity index (χ1v) is 17.0. The highest BCUT2D eigenvalue weighted by molar-refractivity contribution is 8.22. The van der Waals surface area contributed by atoms with Gasteiger partial charge in [0.15, 0.2) is 11.5 Å². The Hall–Kier alpha value is -2.78. The second-order valence-electron chi connectivity index (χ2n) is 11.7. The predicted molar refractivity (Wildman–Crippen MR) is 178 cm³/mol. The van der Waals surface area contributed by atoms with Gasteiger partial charge in [0.25, 0.3) is 0 Å². The van der Waals surface area contributed by atoms with E-state index in [9.17, 15) is 9.11 Å². The van der Waals surface area contributed by atoms with Gasteiger partial charge in [-0.2, -0.15) is 4.31 Å². The second kappa shape index (κ2) is 13.5. The largest absolute Gasteiger partial charge is 0.454 e. The molecule has 0 aliphatic carbocycles. The molecular weight excluding hydrogens is 580 g/mol. The molecule has 4 aromatic carbocycles. The van der Waals surface area contributed by atoms with Crippen LogP contribution in [0.5, 0.6) is 11.5 Å². The Balaban J connectivity index is 1.36. The van der Waals surface area contributed by atoms with E-state index in [0.29, 0.717) is 28.0 Å². The summed E-state index contributed by atoms with van der Waals surface area (Å²) < 4.78 is 37.5. The molecule has 0 bridgehead atoms. The summed E-state index contributed by atoms with van der Waals surface area (Å²) in [5.74, 6) is 1.24. The molecule has 0 fully saturated rings. The Morgan fingerprint density at radius 1 is 0.837 bits per heavy atom. The van der Waals surface area contributed by atoms with E-state index in [1.807, 2.05) is 48.5 Å². The lowest BCUT2D eigenvalue weighted by atomic mass is 10.1. The van der Waals surface area contributed by atoms with E-state index in [1.165, 1.54) is 16.7 Å². The molecule has 230 valence electrons. The molecule has 5 rings (SSSR count). The van der Waals surface area contributed by atoms with Gasteiger partial charge in [0.2, 0.25) is 6.79 Å². The maximum Gasteiger partial charge on any atom is 0.231 e. The highest BCUT2D eigenvalue weighted by atomic mass is 35.5. The van der Waals surface area contributed by atoms with Crippen LogP contribution < -0.4 is 9.47 Å². The Labute approximate surface area is 262 Å². The number of quaternary nitrogens is 1. The van der Waals surface area contributed by atoms with Gasteiger partial charge in [-0.3, -0.25) is 9.11 Å². The summed E-state index contributed by atoms with van der Waals surface area (Å²) in [6.07, 6.45) is 1.78. The van der Waals surface area contributed by atoms with E-state index in [0.717, 1.165) is 59.8 Å². The maximum absolute atomic E-state index is 11.8. The number of unbranched alkanes of at least 4 members (excludes halogenated alkanes) is 1. The van der Waals surface area contributed by atoms with Crippen molar-refractivity contribution >= 4 is 33.1 Å². The first-order chi connectivity index (χ1) is 20.6. The van der Waals surface area contributed by atoms with Gasteiger partial charge in [-0.1, -0.05) is 71.3 Å². The van der Waals surface area contributed by atoms with Gasteiger partial charge in [0, 0.05) is 29.7 Å². The quantitative estimate of drug-likeness (QED) is 0.115. The maximum atomic E-state index is 11.8. The summed E-state index contributed by atoms with van der Waals surface area (Å²) in [4.78, 5) is 0.505. The molecule has 0 amide bonds. The van der Waals surface area contributed by atoms with Crippen LogP contribution in [0, 0.1) is 13.8 Å². The van der Waals surface area contributed by atoms with E-state index < -0.39 is 10.8 Å². The molecular formula is C35H44ClN2O4S+. The Morgan fingerprint density at radius 2 is 1.51 bits per heavy atom. The fraction of sp³-hybridized carbons (Fsp3) is 0.371. The zero-order valence-corrected chi connectivity index (χ0v) is 27.3. The second-order valence-corrected chi connectivity index (χ2v) is 14.2. The van der Waals surface area contributed by atoms with Gasteiger partial charge < -0.3 is 14.0 Å². The zero-order chi connectivity index (χ0) is 30.6. The van der Waals surface area contributed by atoms with Gasteiger partial charge >= 0.3 is 0 Å². The first-order valence-electron chi connectivity index (χ1n) is 15.1. The molecule has 0 saturated heterocycles. The van der Waals surface area contributed by atoms with Crippen LogP contribution in [0.25, 0.3) is 10.8 Å². The third-order valence-corrected chi connectivity index (χ3v) is 11.0. The van der Waals surface area contributed by atoms with Crippen LogP contribution in [-0.4, -0.2) is 50.9 Å². The SMILES string of the molecule is CC[N+](CC)(CCCCN(Cc1cc2c(cc1Cl)OCO2)S(O)(O)c1ccc2ccccc2c1)Cc1cc(C)cc(C)c1. The average molecular weight is 624 g/mol. The van der Waals surface area contributed by atoms with Gasteiger partial charge in [0.05, 0.1) is 24.5 Å². The summed E-state index contributed by atoms with van der Waals surface area (Å²) in [6.45, 7) is 13.9. The highest BCUT2D eigenvalue weighted by Gasteiger charge is 2.29. The van der Waals surface area contributed by atoms with Gasteiger partial charge in [0.1, 0.15) is 6.54 Å². The molecule has 0 unspecified atom stereocenters. The normalized spacial score (nSPS) is 13.7. The molecule has 2 N–H and O–H groups in total. The van der Waals surface area contributed by atoms with Crippen LogP contribution in [0.4, 0.5) is 0 Å². The van der Waals surface area contributed by atoms with E-state index in [4.69, 9.17) is 21.1 Å². The third-order valence-electron chi connectivity index (χ3n) is 8.72. The number of ether oxygens (including phenoxy) is 2. The number of halogens is 1. The number of benzene rings is 4.